The SMILES string of the molecule is CCCCn1c(N)c(N(Cc2ccco2)C(=O)Cc2coc3c(C)c(C)ccc23)c(=O)[nH]c1=O. The number of aromatic nitrogens is 2. The van der Waals surface area contributed by atoms with E-state index >= 15 is 0 Å². The first-order chi connectivity index (χ1) is 16.3. The number of nitrogens with two attached hydrogens (primary N) is 1. The van der Waals surface area contributed by atoms with Crippen LogP contribution in [0.4, 0.5) is 11.5 Å². The molecule has 0 bridgehead atoms. The molecule has 3 aromatic heterocycles. The van der Waals surface area contributed by atoms with Gasteiger partial charge < -0.3 is 14.6 Å². The molecule has 0 aliphatic heterocycles. The van der Waals surface area contributed by atoms with Gasteiger partial charge in [0.1, 0.15) is 17.2 Å². The fraction of sp³-hybridized carbons (Fsp3) is 0.320. The lowest BCUT2D eigenvalue weighted by Gasteiger charge is -2.23. The van der Waals surface area contributed by atoms with Gasteiger partial charge in [-0.05, 0) is 43.5 Å². The summed E-state index contributed by atoms with van der Waals surface area (Å²) < 4.78 is 12.5. The normalized spacial score (nSPS) is 11.3. The maximum Gasteiger partial charge on any atom is 0.330 e. The van der Waals surface area contributed by atoms with Gasteiger partial charge in [0.2, 0.25) is 5.91 Å². The third-order valence-electron chi connectivity index (χ3n) is 6.10. The van der Waals surface area contributed by atoms with Crippen molar-refractivity contribution in [2.45, 2.75) is 53.1 Å². The number of benzene rings is 1. The maximum absolute atomic E-state index is 13.6. The van der Waals surface area contributed by atoms with Gasteiger partial charge in [-0.25, -0.2) is 4.79 Å². The Balaban J connectivity index is 1.77. The molecule has 4 rings (SSSR count). The van der Waals surface area contributed by atoms with Crippen molar-refractivity contribution in [3.8, 4) is 0 Å². The van der Waals surface area contributed by atoms with Crippen molar-refractivity contribution in [2.75, 3.05) is 10.6 Å². The topological polar surface area (TPSA) is 127 Å². The highest BCUT2D eigenvalue weighted by Gasteiger charge is 2.26. The molecule has 3 N–H and O–H groups in total. The quantitative estimate of drug-likeness (QED) is 0.410. The van der Waals surface area contributed by atoms with E-state index in [0.717, 1.165) is 28.5 Å². The summed E-state index contributed by atoms with van der Waals surface area (Å²) >= 11 is 0. The molecular weight excluding hydrogens is 436 g/mol. The molecule has 9 heteroatoms. The van der Waals surface area contributed by atoms with Gasteiger partial charge in [-0.3, -0.25) is 24.0 Å². The lowest BCUT2D eigenvalue weighted by molar-refractivity contribution is -0.118. The Morgan fingerprint density at radius 2 is 1.97 bits per heavy atom. The lowest BCUT2D eigenvalue weighted by atomic mass is 10.0. The second-order valence-electron chi connectivity index (χ2n) is 8.38. The van der Waals surface area contributed by atoms with Crippen molar-refractivity contribution in [1.82, 2.24) is 9.55 Å². The molecule has 0 saturated heterocycles. The minimum atomic E-state index is -0.723. The number of nitrogens with zero attached hydrogens (tertiary/aromatic N) is 2. The fourth-order valence-corrected chi connectivity index (χ4v) is 4.01. The zero-order valence-electron chi connectivity index (χ0n) is 19.5. The molecule has 0 aliphatic carbocycles. The number of aryl methyl sites for hydroxylation is 2. The van der Waals surface area contributed by atoms with Crippen LogP contribution in [0.1, 0.15) is 42.2 Å². The van der Waals surface area contributed by atoms with Crippen LogP contribution in [-0.4, -0.2) is 15.5 Å². The van der Waals surface area contributed by atoms with Crippen molar-refractivity contribution in [3.05, 3.63) is 80.1 Å². The molecule has 9 nitrogen and oxygen atoms in total. The van der Waals surface area contributed by atoms with Crippen LogP contribution in [0.3, 0.4) is 0 Å². The Morgan fingerprint density at radius 3 is 2.68 bits per heavy atom. The summed E-state index contributed by atoms with van der Waals surface area (Å²) in [6.45, 7) is 6.27. The first kappa shape index (κ1) is 23.2. The van der Waals surface area contributed by atoms with Gasteiger partial charge in [0.05, 0.1) is 25.5 Å². The Hall–Kier alpha value is -4.01. The molecule has 1 aromatic carbocycles. The summed E-state index contributed by atoms with van der Waals surface area (Å²) in [7, 11) is 0. The van der Waals surface area contributed by atoms with E-state index in [9.17, 15) is 14.4 Å². The van der Waals surface area contributed by atoms with Gasteiger partial charge in [-0.2, -0.15) is 0 Å². The average Bonchev–Trinajstić information content (AvgIpc) is 3.45. The highest BCUT2D eigenvalue weighted by atomic mass is 16.3. The minimum Gasteiger partial charge on any atom is -0.467 e. The van der Waals surface area contributed by atoms with Crippen LogP contribution < -0.4 is 21.9 Å². The number of nitrogen functional groups attached to an aromatic ring is 1. The molecule has 0 fully saturated rings. The summed E-state index contributed by atoms with van der Waals surface area (Å²) in [4.78, 5) is 42.4. The molecule has 3 heterocycles. The predicted octanol–water partition coefficient (Wildman–Crippen LogP) is 3.65. The third kappa shape index (κ3) is 4.28. The molecule has 0 radical (unpaired) electrons. The van der Waals surface area contributed by atoms with Crippen LogP contribution in [-0.2, 0) is 24.3 Å². The lowest BCUT2D eigenvalue weighted by Crippen LogP contribution is -2.41. The number of unbranched alkanes of at least 4 members (excludes halogenated alkanes) is 1. The van der Waals surface area contributed by atoms with Crippen molar-refractivity contribution < 1.29 is 13.6 Å². The van der Waals surface area contributed by atoms with Crippen LogP contribution in [0.15, 0.2) is 55.2 Å². The van der Waals surface area contributed by atoms with Crippen LogP contribution >= 0.6 is 0 Å². The van der Waals surface area contributed by atoms with Gasteiger partial charge in [0.15, 0.2) is 5.69 Å². The molecule has 0 atom stereocenters. The fourth-order valence-electron chi connectivity index (χ4n) is 4.01. The summed E-state index contributed by atoms with van der Waals surface area (Å²) in [6.07, 6.45) is 4.56. The molecular formula is C25H28N4O5. The van der Waals surface area contributed by atoms with E-state index in [1.165, 1.54) is 15.7 Å². The van der Waals surface area contributed by atoms with E-state index in [1.807, 2.05) is 32.9 Å². The first-order valence-corrected chi connectivity index (χ1v) is 11.2. The number of anilines is 2. The minimum absolute atomic E-state index is 0.0149. The monoisotopic (exact) mass is 464 g/mol. The number of carbonyl (C=O) groups is 1. The summed E-state index contributed by atoms with van der Waals surface area (Å²) in [5.74, 6) is 0.0443. The largest absolute Gasteiger partial charge is 0.467 e. The van der Waals surface area contributed by atoms with E-state index < -0.39 is 11.2 Å². The van der Waals surface area contributed by atoms with Gasteiger partial charge in [-0.1, -0.05) is 25.5 Å². The Morgan fingerprint density at radius 1 is 1.18 bits per heavy atom. The molecule has 0 aliphatic rings. The van der Waals surface area contributed by atoms with E-state index in [1.54, 1.807) is 18.4 Å². The second-order valence-corrected chi connectivity index (χ2v) is 8.38. The van der Waals surface area contributed by atoms with Crippen molar-refractivity contribution >= 4 is 28.4 Å². The number of hydrogen-bond donors (Lipinski definition) is 2. The average molecular weight is 465 g/mol. The number of fused-ring (bicyclic) bond motifs is 1. The van der Waals surface area contributed by atoms with Crippen molar-refractivity contribution in [3.63, 3.8) is 0 Å². The van der Waals surface area contributed by atoms with Crippen LogP contribution in [0.2, 0.25) is 0 Å². The molecule has 34 heavy (non-hydrogen) atoms. The van der Waals surface area contributed by atoms with Crippen molar-refractivity contribution in [1.29, 1.82) is 0 Å². The molecule has 0 spiro atoms. The van der Waals surface area contributed by atoms with E-state index in [0.29, 0.717) is 24.3 Å². The highest BCUT2D eigenvalue weighted by Crippen LogP contribution is 2.28. The van der Waals surface area contributed by atoms with Crippen LogP contribution in [0.25, 0.3) is 11.0 Å². The van der Waals surface area contributed by atoms with Gasteiger partial charge in [-0.15, -0.1) is 0 Å². The highest BCUT2D eigenvalue weighted by molar-refractivity contribution is 5.99. The summed E-state index contributed by atoms with van der Waals surface area (Å²) in [5.41, 5.74) is 8.42. The van der Waals surface area contributed by atoms with E-state index in [2.05, 4.69) is 4.98 Å². The molecule has 4 aromatic rings. The smallest absolute Gasteiger partial charge is 0.330 e. The number of H-pyrrole nitrogens is 1. The summed E-state index contributed by atoms with van der Waals surface area (Å²) in [6, 6.07) is 7.31. The van der Waals surface area contributed by atoms with Gasteiger partial charge >= 0.3 is 5.69 Å². The number of amides is 1. The zero-order chi connectivity index (χ0) is 24.4. The molecule has 0 unspecified atom stereocenters. The van der Waals surface area contributed by atoms with Crippen LogP contribution in [0.5, 0.6) is 0 Å². The first-order valence-electron chi connectivity index (χ1n) is 11.2. The van der Waals surface area contributed by atoms with E-state index in [-0.39, 0.29) is 30.4 Å². The number of nitrogens with one attached hydrogen (secondary N) is 1. The van der Waals surface area contributed by atoms with Crippen LogP contribution in [0, 0.1) is 13.8 Å². The van der Waals surface area contributed by atoms with Gasteiger partial charge in [0, 0.05) is 17.5 Å². The standard InChI is InChI=1S/C25H28N4O5/c1-4-5-10-28-23(26)21(24(31)27-25(28)32)29(13-18-7-6-11-33-18)20(30)12-17-14-34-22-16(3)15(2)8-9-19(17)22/h6-9,11,14H,4-5,10,12-13,26H2,1-3H3,(H,27,31,32). The number of rotatable bonds is 8. The predicted molar refractivity (Wildman–Crippen MR) is 130 cm³/mol. The van der Waals surface area contributed by atoms with Crippen molar-refractivity contribution in [2.24, 2.45) is 0 Å². The number of aromatic amines is 1. The zero-order valence-corrected chi connectivity index (χ0v) is 19.5. The molecule has 0 saturated carbocycles. The molecule has 1 amide bonds. The van der Waals surface area contributed by atoms with E-state index in [4.69, 9.17) is 14.6 Å². The second kappa shape index (κ2) is 9.46. The Kier molecular flexibility index (Phi) is 6.45. The summed E-state index contributed by atoms with van der Waals surface area (Å²) in [5, 5.41) is 0.837. The number of furan rings is 2. The number of hydrogen-bond acceptors (Lipinski definition) is 6. The number of carbonyl (C=O) groups excluding carboxylic acids is 1. The maximum atomic E-state index is 13.6. The van der Waals surface area contributed by atoms with Gasteiger partial charge in [0.25, 0.3) is 5.56 Å². The third-order valence-corrected chi connectivity index (χ3v) is 6.10. The molecule has 178 valence electrons. The Labute approximate surface area is 195 Å². The Bertz CT molecular complexity index is 1440.